The van der Waals surface area contributed by atoms with Crippen molar-refractivity contribution in [2.45, 2.75) is 58.0 Å². The molecule has 2 nitrogen and oxygen atoms in total. The second-order valence-corrected chi connectivity index (χ2v) is 8.41. The van der Waals surface area contributed by atoms with E-state index in [1.807, 2.05) is 0 Å². The fraction of sp³-hybridized carbons (Fsp3) is 0.842. The molecule has 0 saturated heterocycles. The van der Waals surface area contributed by atoms with Gasteiger partial charge in [-0.05, 0) is 80.0 Å². The van der Waals surface area contributed by atoms with Crippen LogP contribution in [0.15, 0.2) is 12.2 Å². The van der Waals surface area contributed by atoms with Crippen molar-refractivity contribution in [3.05, 3.63) is 12.2 Å². The quantitative estimate of drug-likeness (QED) is 0.591. The third-order valence-corrected chi connectivity index (χ3v) is 7.68. The van der Waals surface area contributed by atoms with Crippen molar-refractivity contribution in [2.24, 2.45) is 40.9 Å². The summed E-state index contributed by atoms with van der Waals surface area (Å²) in [5.74, 6) is 3.99. The Labute approximate surface area is 128 Å². The van der Waals surface area contributed by atoms with E-state index in [-0.39, 0.29) is 17.4 Å². The molecule has 0 bridgehead atoms. The molecule has 3 unspecified atom stereocenters. The summed E-state index contributed by atoms with van der Waals surface area (Å²) < 4.78 is 0. The first kappa shape index (κ1) is 14.0. The maximum Gasteiger partial charge on any atom is 0.126 e. The van der Waals surface area contributed by atoms with Crippen LogP contribution in [0.3, 0.4) is 0 Å². The number of aliphatic hydroxyl groups excluding tert-OH is 1. The number of fused-ring (bicyclic) bond motifs is 5. The summed E-state index contributed by atoms with van der Waals surface area (Å²) in [5, 5.41) is 10.4. The van der Waals surface area contributed by atoms with E-state index in [2.05, 4.69) is 19.1 Å². The van der Waals surface area contributed by atoms with Crippen molar-refractivity contribution >= 4 is 6.29 Å². The van der Waals surface area contributed by atoms with Gasteiger partial charge in [0.05, 0.1) is 6.10 Å². The first-order valence-electron chi connectivity index (χ1n) is 8.95. The summed E-state index contributed by atoms with van der Waals surface area (Å²) in [6.45, 7) is 2.34. The lowest BCUT2D eigenvalue weighted by atomic mass is 9.51. The number of allylic oxidation sites excluding steroid dienone is 2. The molecule has 0 spiro atoms. The highest BCUT2D eigenvalue weighted by Gasteiger charge is 2.56. The molecule has 4 aliphatic carbocycles. The van der Waals surface area contributed by atoms with E-state index >= 15 is 0 Å². The largest absolute Gasteiger partial charge is 0.393 e. The molecule has 0 aromatic carbocycles. The van der Waals surface area contributed by atoms with Crippen molar-refractivity contribution in [1.82, 2.24) is 0 Å². The zero-order valence-corrected chi connectivity index (χ0v) is 13.1. The molecule has 1 N–H and O–H groups in total. The molecule has 3 fully saturated rings. The molecule has 0 radical (unpaired) electrons. The van der Waals surface area contributed by atoms with Gasteiger partial charge in [0, 0.05) is 5.92 Å². The molecule has 3 saturated carbocycles. The van der Waals surface area contributed by atoms with Crippen LogP contribution in [-0.2, 0) is 4.79 Å². The minimum Gasteiger partial charge on any atom is -0.393 e. The van der Waals surface area contributed by atoms with Gasteiger partial charge < -0.3 is 9.90 Å². The van der Waals surface area contributed by atoms with Gasteiger partial charge in [0.25, 0.3) is 0 Å². The van der Waals surface area contributed by atoms with Crippen molar-refractivity contribution in [2.75, 3.05) is 0 Å². The Hall–Kier alpha value is -0.630. The molecule has 4 aliphatic rings. The van der Waals surface area contributed by atoms with Crippen LogP contribution in [-0.4, -0.2) is 17.5 Å². The minimum atomic E-state index is -0.0671. The number of carbonyl (C=O) groups is 1. The summed E-state index contributed by atoms with van der Waals surface area (Å²) in [5.41, 5.74) is 0.192. The van der Waals surface area contributed by atoms with E-state index in [1.54, 1.807) is 0 Å². The van der Waals surface area contributed by atoms with Gasteiger partial charge in [0.2, 0.25) is 0 Å². The fourth-order valence-electron chi connectivity index (χ4n) is 6.51. The van der Waals surface area contributed by atoms with Crippen LogP contribution in [0.4, 0.5) is 0 Å². The number of aldehydes is 1. The molecule has 0 heterocycles. The molecule has 4 rings (SSSR count). The summed E-state index contributed by atoms with van der Waals surface area (Å²) in [7, 11) is 0. The van der Waals surface area contributed by atoms with Gasteiger partial charge in [0.15, 0.2) is 0 Å². The second kappa shape index (κ2) is 4.94. The van der Waals surface area contributed by atoms with E-state index in [0.29, 0.717) is 5.92 Å². The van der Waals surface area contributed by atoms with E-state index in [4.69, 9.17) is 0 Å². The molecule has 0 aromatic heterocycles. The predicted molar refractivity (Wildman–Crippen MR) is 82.6 cm³/mol. The predicted octanol–water partition coefficient (Wildman–Crippen LogP) is 3.59. The molecule has 0 aromatic rings. The van der Waals surface area contributed by atoms with Gasteiger partial charge in [-0.2, -0.15) is 0 Å². The Bertz CT molecular complexity index is 456. The van der Waals surface area contributed by atoms with Gasteiger partial charge in [-0.1, -0.05) is 19.1 Å². The van der Waals surface area contributed by atoms with Crippen molar-refractivity contribution in [1.29, 1.82) is 0 Å². The lowest BCUT2D eigenvalue weighted by Crippen LogP contribution is -2.48. The maximum absolute atomic E-state index is 11.1. The minimum absolute atomic E-state index is 0.0671. The average molecular weight is 288 g/mol. The molecule has 8 atom stereocenters. The molecule has 0 aliphatic heterocycles. The Kier molecular flexibility index (Phi) is 3.29. The second-order valence-electron chi connectivity index (χ2n) is 8.41. The molecule has 21 heavy (non-hydrogen) atoms. The third kappa shape index (κ3) is 1.98. The Morgan fingerprint density at radius 3 is 2.76 bits per heavy atom. The average Bonchev–Trinajstić information content (AvgIpc) is 2.82. The summed E-state index contributed by atoms with van der Waals surface area (Å²) in [6.07, 6.45) is 14.1. The van der Waals surface area contributed by atoms with Crippen molar-refractivity contribution in [3.63, 3.8) is 0 Å². The highest BCUT2D eigenvalue weighted by Crippen LogP contribution is 2.61. The SMILES string of the molecule is C[C@]12CC[C@H]3[C@@H](CCC4CC(C=O)C=C[C@H]43)[C@@H]1CCC2O. The van der Waals surface area contributed by atoms with Crippen LogP contribution in [0.25, 0.3) is 0 Å². The Morgan fingerprint density at radius 1 is 1.10 bits per heavy atom. The molecular formula is C19H28O2. The van der Waals surface area contributed by atoms with Gasteiger partial charge in [-0.25, -0.2) is 0 Å². The smallest absolute Gasteiger partial charge is 0.126 e. The van der Waals surface area contributed by atoms with Crippen LogP contribution in [0.2, 0.25) is 0 Å². The third-order valence-electron chi connectivity index (χ3n) is 7.68. The zero-order chi connectivity index (χ0) is 14.6. The molecule has 116 valence electrons. The van der Waals surface area contributed by atoms with Crippen LogP contribution < -0.4 is 0 Å². The molecular weight excluding hydrogens is 260 g/mol. The van der Waals surface area contributed by atoms with E-state index in [0.717, 1.165) is 42.8 Å². The highest BCUT2D eigenvalue weighted by molar-refractivity contribution is 5.57. The highest BCUT2D eigenvalue weighted by atomic mass is 16.3. The first-order chi connectivity index (χ1) is 10.1. The maximum atomic E-state index is 11.1. The van der Waals surface area contributed by atoms with Crippen molar-refractivity contribution < 1.29 is 9.90 Å². The zero-order valence-electron chi connectivity index (χ0n) is 13.1. The standard InChI is InChI=1S/C19H28O2/c1-19-9-8-15-14-4-2-12(11-20)10-13(14)3-5-16(15)17(19)6-7-18(19)21/h2,4,11-18,21H,3,5-10H2,1H3/t12?,13?,14-,15-,16-,17+,18?,19+/m1/s1. The van der Waals surface area contributed by atoms with Gasteiger partial charge in [0.1, 0.15) is 6.29 Å². The van der Waals surface area contributed by atoms with Crippen LogP contribution in [0.1, 0.15) is 51.9 Å². The van der Waals surface area contributed by atoms with E-state index < -0.39 is 0 Å². The van der Waals surface area contributed by atoms with E-state index in [1.165, 1.54) is 32.1 Å². The normalized spacial score (nSPS) is 55.4. The van der Waals surface area contributed by atoms with Crippen molar-refractivity contribution in [3.8, 4) is 0 Å². The first-order valence-corrected chi connectivity index (χ1v) is 8.95. The van der Waals surface area contributed by atoms with Crippen LogP contribution >= 0.6 is 0 Å². The Morgan fingerprint density at radius 2 is 1.95 bits per heavy atom. The monoisotopic (exact) mass is 288 g/mol. The lowest BCUT2D eigenvalue weighted by Gasteiger charge is -2.54. The fourth-order valence-corrected chi connectivity index (χ4v) is 6.51. The summed E-state index contributed by atoms with van der Waals surface area (Å²) in [4.78, 5) is 11.1. The summed E-state index contributed by atoms with van der Waals surface area (Å²) in [6, 6.07) is 0. The Balaban J connectivity index is 1.59. The molecule has 2 heteroatoms. The van der Waals surface area contributed by atoms with Crippen LogP contribution in [0, 0.1) is 40.9 Å². The van der Waals surface area contributed by atoms with E-state index in [9.17, 15) is 9.90 Å². The number of rotatable bonds is 1. The number of hydrogen-bond acceptors (Lipinski definition) is 2. The molecule has 0 amide bonds. The lowest BCUT2D eigenvalue weighted by molar-refractivity contribution is -0.111. The summed E-state index contributed by atoms with van der Waals surface area (Å²) >= 11 is 0. The number of aliphatic hydroxyl groups is 1. The number of carbonyl (C=O) groups excluding carboxylic acids is 1. The van der Waals surface area contributed by atoms with Gasteiger partial charge >= 0.3 is 0 Å². The van der Waals surface area contributed by atoms with Crippen LogP contribution in [0.5, 0.6) is 0 Å². The van der Waals surface area contributed by atoms with Gasteiger partial charge in [-0.3, -0.25) is 0 Å². The van der Waals surface area contributed by atoms with Gasteiger partial charge in [-0.15, -0.1) is 0 Å². The topological polar surface area (TPSA) is 37.3 Å². The number of hydrogen-bond donors (Lipinski definition) is 1.